The third-order valence-electron chi connectivity index (χ3n) is 3.45. The summed E-state index contributed by atoms with van der Waals surface area (Å²) in [5.74, 6) is 1.54. The van der Waals surface area contributed by atoms with Crippen molar-refractivity contribution in [3.63, 3.8) is 0 Å². The first-order valence-electron chi connectivity index (χ1n) is 6.94. The van der Waals surface area contributed by atoms with Gasteiger partial charge in [0, 0.05) is 5.39 Å². The van der Waals surface area contributed by atoms with Crippen molar-refractivity contribution < 1.29 is 9.15 Å². The van der Waals surface area contributed by atoms with Crippen LogP contribution in [0, 0.1) is 0 Å². The fraction of sp³-hybridized carbons (Fsp3) is 0.0556. The molecule has 2 heterocycles. The van der Waals surface area contributed by atoms with Crippen molar-refractivity contribution >= 4 is 44.7 Å². The fourth-order valence-corrected chi connectivity index (χ4v) is 3.28. The Balaban J connectivity index is 1.70. The van der Waals surface area contributed by atoms with Crippen molar-refractivity contribution in [2.75, 3.05) is 7.11 Å². The highest BCUT2D eigenvalue weighted by Gasteiger charge is 2.07. The average molecular weight is 307 g/mol. The fourth-order valence-electron chi connectivity index (χ4n) is 2.41. The van der Waals surface area contributed by atoms with Gasteiger partial charge in [0.05, 0.1) is 17.3 Å². The van der Waals surface area contributed by atoms with E-state index in [-0.39, 0.29) is 0 Å². The largest absolute Gasteiger partial charge is 0.493 e. The summed E-state index contributed by atoms with van der Waals surface area (Å²) in [6.07, 6.45) is 3.92. The SMILES string of the molecule is COc1cccc2cc(C=Cc3nc4ccccc4s3)oc12. The van der Waals surface area contributed by atoms with Crippen LogP contribution in [0.4, 0.5) is 0 Å². The van der Waals surface area contributed by atoms with Gasteiger partial charge < -0.3 is 9.15 Å². The average Bonchev–Trinajstić information content (AvgIpc) is 3.15. The summed E-state index contributed by atoms with van der Waals surface area (Å²) in [7, 11) is 1.65. The normalized spacial score (nSPS) is 11.7. The number of thiazole rings is 1. The Bertz CT molecular complexity index is 948. The van der Waals surface area contributed by atoms with E-state index in [0.29, 0.717) is 0 Å². The smallest absolute Gasteiger partial charge is 0.176 e. The van der Waals surface area contributed by atoms with E-state index in [2.05, 4.69) is 11.1 Å². The lowest BCUT2D eigenvalue weighted by molar-refractivity contribution is 0.410. The van der Waals surface area contributed by atoms with Crippen LogP contribution in [0.3, 0.4) is 0 Å². The van der Waals surface area contributed by atoms with Gasteiger partial charge in [0.25, 0.3) is 0 Å². The molecule has 4 rings (SSSR count). The van der Waals surface area contributed by atoms with E-state index in [1.54, 1.807) is 18.4 Å². The molecule has 2 aromatic carbocycles. The molecular formula is C18H13NO2S. The van der Waals surface area contributed by atoms with Gasteiger partial charge in [-0.15, -0.1) is 11.3 Å². The Hall–Kier alpha value is -2.59. The molecule has 0 saturated carbocycles. The van der Waals surface area contributed by atoms with Crippen molar-refractivity contribution in [3.05, 3.63) is 59.3 Å². The summed E-state index contributed by atoms with van der Waals surface area (Å²) >= 11 is 1.67. The van der Waals surface area contributed by atoms with E-state index in [0.717, 1.165) is 33.0 Å². The first-order chi connectivity index (χ1) is 10.8. The van der Waals surface area contributed by atoms with Gasteiger partial charge in [-0.1, -0.05) is 24.3 Å². The zero-order valence-electron chi connectivity index (χ0n) is 11.9. The zero-order chi connectivity index (χ0) is 14.9. The molecule has 4 aromatic rings. The molecule has 0 unspecified atom stereocenters. The summed E-state index contributed by atoms with van der Waals surface area (Å²) in [5.41, 5.74) is 1.80. The molecule has 0 N–H and O–H groups in total. The zero-order valence-corrected chi connectivity index (χ0v) is 12.8. The lowest BCUT2D eigenvalue weighted by Crippen LogP contribution is -1.81. The molecule has 4 heteroatoms. The van der Waals surface area contributed by atoms with Crippen molar-refractivity contribution in [2.24, 2.45) is 0 Å². The van der Waals surface area contributed by atoms with E-state index in [1.807, 2.05) is 54.6 Å². The molecule has 22 heavy (non-hydrogen) atoms. The Morgan fingerprint density at radius 2 is 2.00 bits per heavy atom. The number of furan rings is 1. The van der Waals surface area contributed by atoms with E-state index in [4.69, 9.17) is 9.15 Å². The maximum absolute atomic E-state index is 5.85. The summed E-state index contributed by atoms with van der Waals surface area (Å²) < 4.78 is 12.4. The first kappa shape index (κ1) is 13.1. The molecule has 0 aliphatic rings. The van der Waals surface area contributed by atoms with Crippen LogP contribution in [-0.2, 0) is 0 Å². The summed E-state index contributed by atoms with van der Waals surface area (Å²) in [5, 5.41) is 2.00. The third-order valence-corrected chi connectivity index (χ3v) is 4.45. The van der Waals surface area contributed by atoms with E-state index in [1.165, 1.54) is 4.70 Å². The minimum Gasteiger partial charge on any atom is -0.493 e. The monoisotopic (exact) mass is 307 g/mol. The maximum Gasteiger partial charge on any atom is 0.176 e. The third kappa shape index (κ3) is 2.27. The Labute approximate surface area is 131 Å². The topological polar surface area (TPSA) is 35.3 Å². The highest BCUT2D eigenvalue weighted by molar-refractivity contribution is 7.19. The van der Waals surface area contributed by atoms with Crippen LogP contribution in [0.5, 0.6) is 5.75 Å². The van der Waals surface area contributed by atoms with Crippen molar-refractivity contribution in [3.8, 4) is 5.75 Å². The van der Waals surface area contributed by atoms with Crippen LogP contribution in [-0.4, -0.2) is 12.1 Å². The van der Waals surface area contributed by atoms with Crippen LogP contribution in [0.15, 0.2) is 52.9 Å². The van der Waals surface area contributed by atoms with Crippen LogP contribution in [0.1, 0.15) is 10.8 Å². The molecule has 0 fully saturated rings. The summed E-state index contributed by atoms with van der Waals surface area (Å²) in [6, 6.07) is 16.0. The molecule has 2 aromatic heterocycles. The van der Waals surface area contributed by atoms with Crippen LogP contribution in [0.2, 0.25) is 0 Å². The standard InChI is InChI=1S/C18H13NO2S/c1-20-15-7-4-5-12-11-13(21-18(12)15)9-10-17-19-14-6-2-3-8-16(14)22-17/h2-11H,1H3. The minimum atomic E-state index is 0.747. The Morgan fingerprint density at radius 1 is 1.09 bits per heavy atom. The molecule has 0 aliphatic heterocycles. The number of fused-ring (bicyclic) bond motifs is 2. The minimum absolute atomic E-state index is 0.747. The number of para-hydroxylation sites is 2. The second-order valence-electron chi connectivity index (χ2n) is 4.88. The van der Waals surface area contributed by atoms with Crippen LogP contribution >= 0.6 is 11.3 Å². The summed E-state index contributed by atoms with van der Waals surface area (Å²) in [4.78, 5) is 4.58. The van der Waals surface area contributed by atoms with Gasteiger partial charge in [0.1, 0.15) is 10.8 Å². The van der Waals surface area contributed by atoms with Crippen molar-refractivity contribution in [1.29, 1.82) is 0 Å². The molecule has 0 atom stereocenters. The van der Waals surface area contributed by atoms with Gasteiger partial charge in [-0.2, -0.15) is 0 Å². The molecule has 108 valence electrons. The van der Waals surface area contributed by atoms with E-state index >= 15 is 0 Å². The van der Waals surface area contributed by atoms with Gasteiger partial charge in [-0.3, -0.25) is 0 Å². The molecule has 3 nitrogen and oxygen atoms in total. The number of benzene rings is 2. The molecule has 0 saturated heterocycles. The van der Waals surface area contributed by atoms with Gasteiger partial charge in [-0.05, 0) is 36.4 Å². The number of methoxy groups -OCH3 is 1. The van der Waals surface area contributed by atoms with Crippen LogP contribution < -0.4 is 4.74 Å². The van der Waals surface area contributed by atoms with E-state index < -0.39 is 0 Å². The lowest BCUT2D eigenvalue weighted by atomic mass is 10.2. The second-order valence-corrected chi connectivity index (χ2v) is 5.94. The van der Waals surface area contributed by atoms with Gasteiger partial charge in [-0.25, -0.2) is 4.98 Å². The second kappa shape index (κ2) is 5.31. The number of ether oxygens (including phenoxy) is 1. The van der Waals surface area contributed by atoms with Crippen molar-refractivity contribution in [1.82, 2.24) is 4.98 Å². The Kier molecular flexibility index (Phi) is 3.16. The predicted octanol–water partition coefficient (Wildman–Crippen LogP) is 5.22. The predicted molar refractivity (Wildman–Crippen MR) is 91.3 cm³/mol. The number of hydrogen-bond acceptors (Lipinski definition) is 4. The van der Waals surface area contributed by atoms with Crippen LogP contribution in [0.25, 0.3) is 33.3 Å². The van der Waals surface area contributed by atoms with Gasteiger partial charge >= 0.3 is 0 Å². The number of aromatic nitrogens is 1. The highest BCUT2D eigenvalue weighted by atomic mass is 32.1. The quantitative estimate of drug-likeness (QED) is 0.520. The van der Waals surface area contributed by atoms with Crippen molar-refractivity contribution in [2.45, 2.75) is 0 Å². The van der Waals surface area contributed by atoms with Gasteiger partial charge in [0.15, 0.2) is 11.3 Å². The molecule has 0 aliphatic carbocycles. The first-order valence-corrected chi connectivity index (χ1v) is 7.75. The molecule has 0 bridgehead atoms. The van der Waals surface area contributed by atoms with E-state index in [9.17, 15) is 0 Å². The lowest BCUT2D eigenvalue weighted by Gasteiger charge is -1.98. The number of hydrogen-bond donors (Lipinski definition) is 0. The molecule has 0 amide bonds. The number of nitrogens with zero attached hydrogens (tertiary/aromatic N) is 1. The maximum atomic E-state index is 5.85. The molecular weight excluding hydrogens is 294 g/mol. The highest BCUT2D eigenvalue weighted by Crippen LogP contribution is 2.29. The summed E-state index contributed by atoms with van der Waals surface area (Å²) in [6.45, 7) is 0. The molecule has 0 radical (unpaired) electrons. The number of rotatable bonds is 3. The molecule has 0 spiro atoms. The Morgan fingerprint density at radius 3 is 2.86 bits per heavy atom. The van der Waals surface area contributed by atoms with Gasteiger partial charge in [0.2, 0.25) is 0 Å².